The molecule has 0 aliphatic heterocycles. The second-order valence-corrected chi connectivity index (χ2v) is 5.83. The maximum absolute atomic E-state index is 12.0. The molecule has 0 amide bonds. The van der Waals surface area contributed by atoms with Crippen molar-refractivity contribution in [3.63, 3.8) is 0 Å². The molecule has 3 rings (SSSR count). The number of H-pyrrole nitrogens is 1. The molecule has 0 radical (unpaired) electrons. The van der Waals surface area contributed by atoms with E-state index >= 15 is 0 Å². The highest BCUT2D eigenvalue weighted by Gasteiger charge is 2.15. The molecule has 0 saturated carbocycles. The standard InChI is InChI=1S/C16H23N3O/c20-15-13-8-4-5-9-14(13)18-16(19-15)17-11-10-12-6-2-1-3-7-12/h6H,1-5,7-11H2,(H2,17,18,19,20). The van der Waals surface area contributed by atoms with Gasteiger partial charge in [-0.25, -0.2) is 4.98 Å². The maximum Gasteiger partial charge on any atom is 0.255 e. The molecular formula is C16H23N3O. The molecule has 2 aliphatic rings. The van der Waals surface area contributed by atoms with Gasteiger partial charge < -0.3 is 5.32 Å². The average Bonchev–Trinajstić information content (AvgIpc) is 2.48. The quantitative estimate of drug-likeness (QED) is 0.829. The van der Waals surface area contributed by atoms with E-state index < -0.39 is 0 Å². The van der Waals surface area contributed by atoms with Crippen molar-refractivity contribution in [1.82, 2.24) is 9.97 Å². The number of nitrogens with zero attached hydrogens (tertiary/aromatic N) is 1. The van der Waals surface area contributed by atoms with Crippen LogP contribution in [0.5, 0.6) is 0 Å². The predicted octanol–water partition coefficient (Wildman–Crippen LogP) is 2.95. The zero-order chi connectivity index (χ0) is 13.8. The lowest BCUT2D eigenvalue weighted by molar-refractivity contribution is 0.656. The molecule has 0 unspecified atom stereocenters. The molecule has 0 saturated heterocycles. The van der Waals surface area contributed by atoms with E-state index in [1.165, 1.54) is 25.7 Å². The van der Waals surface area contributed by atoms with Gasteiger partial charge in [0.25, 0.3) is 5.56 Å². The van der Waals surface area contributed by atoms with E-state index in [0.717, 1.165) is 49.9 Å². The number of allylic oxidation sites excluding steroid dienone is 1. The summed E-state index contributed by atoms with van der Waals surface area (Å²) in [5.41, 5.74) is 3.49. The van der Waals surface area contributed by atoms with Gasteiger partial charge in [-0.1, -0.05) is 11.6 Å². The molecule has 0 spiro atoms. The maximum atomic E-state index is 12.0. The van der Waals surface area contributed by atoms with E-state index in [1.807, 2.05) is 0 Å². The van der Waals surface area contributed by atoms with Crippen molar-refractivity contribution >= 4 is 5.95 Å². The molecular weight excluding hydrogens is 250 g/mol. The van der Waals surface area contributed by atoms with Gasteiger partial charge in [-0.2, -0.15) is 0 Å². The molecule has 2 N–H and O–H groups in total. The first-order valence-electron chi connectivity index (χ1n) is 7.87. The summed E-state index contributed by atoms with van der Waals surface area (Å²) in [5, 5.41) is 3.28. The number of aryl methyl sites for hydroxylation is 1. The van der Waals surface area contributed by atoms with Crippen LogP contribution in [0.3, 0.4) is 0 Å². The van der Waals surface area contributed by atoms with Gasteiger partial charge in [0.2, 0.25) is 5.95 Å². The SMILES string of the molecule is O=c1[nH]c(NCCC2=CCCCC2)nc2c1CCCC2. The van der Waals surface area contributed by atoms with Crippen LogP contribution in [0, 0.1) is 0 Å². The van der Waals surface area contributed by atoms with Crippen LogP contribution in [0.4, 0.5) is 5.95 Å². The van der Waals surface area contributed by atoms with Crippen molar-refractivity contribution in [2.75, 3.05) is 11.9 Å². The Balaban J connectivity index is 1.61. The van der Waals surface area contributed by atoms with Crippen LogP contribution < -0.4 is 10.9 Å². The van der Waals surface area contributed by atoms with Crippen LogP contribution >= 0.6 is 0 Å². The summed E-state index contributed by atoms with van der Waals surface area (Å²) in [6.45, 7) is 0.855. The molecule has 1 aromatic heterocycles. The first-order valence-corrected chi connectivity index (χ1v) is 7.87. The molecule has 0 bridgehead atoms. The van der Waals surface area contributed by atoms with Crippen molar-refractivity contribution in [3.05, 3.63) is 33.3 Å². The summed E-state index contributed by atoms with van der Waals surface area (Å²) >= 11 is 0. The van der Waals surface area contributed by atoms with E-state index in [9.17, 15) is 4.79 Å². The number of anilines is 1. The zero-order valence-corrected chi connectivity index (χ0v) is 12.0. The van der Waals surface area contributed by atoms with Crippen LogP contribution in [-0.2, 0) is 12.8 Å². The Morgan fingerprint density at radius 1 is 1.15 bits per heavy atom. The van der Waals surface area contributed by atoms with Gasteiger partial charge in [0.05, 0.1) is 5.69 Å². The molecule has 20 heavy (non-hydrogen) atoms. The third-order valence-electron chi connectivity index (χ3n) is 4.32. The Bertz CT molecular complexity index is 559. The highest BCUT2D eigenvalue weighted by molar-refractivity contribution is 5.31. The molecule has 0 fully saturated rings. The predicted molar refractivity (Wildman–Crippen MR) is 81.2 cm³/mol. The molecule has 4 heteroatoms. The van der Waals surface area contributed by atoms with Crippen molar-refractivity contribution in [2.45, 2.75) is 57.8 Å². The molecule has 0 atom stereocenters. The number of rotatable bonds is 4. The van der Waals surface area contributed by atoms with Gasteiger partial charge in [-0.05, 0) is 57.8 Å². The summed E-state index contributed by atoms with van der Waals surface area (Å²) in [5.74, 6) is 0.645. The smallest absolute Gasteiger partial charge is 0.255 e. The minimum absolute atomic E-state index is 0.0501. The first kappa shape index (κ1) is 13.4. The molecule has 0 aromatic carbocycles. The Hall–Kier alpha value is -1.58. The van der Waals surface area contributed by atoms with Gasteiger partial charge in [-0.15, -0.1) is 0 Å². The van der Waals surface area contributed by atoms with Crippen LogP contribution in [0.25, 0.3) is 0 Å². The van der Waals surface area contributed by atoms with Gasteiger partial charge >= 0.3 is 0 Å². The van der Waals surface area contributed by atoms with E-state index in [4.69, 9.17) is 0 Å². The highest BCUT2D eigenvalue weighted by atomic mass is 16.1. The van der Waals surface area contributed by atoms with Crippen molar-refractivity contribution in [1.29, 1.82) is 0 Å². The van der Waals surface area contributed by atoms with E-state index in [0.29, 0.717) is 5.95 Å². The number of nitrogens with one attached hydrogen (secondary N) is 2. The number of hydrogen-bond acceptors (Lipinski definition) is 3. The third kappa shape index (κ3) is 3.11. The molecule has 4 nitrogen and oxygen atoms in total. The normalized spacial score (nSPS) is 18.3. The Morgan fingerprint density at radius 2 is 2.00 bits per heavy atom. The Morgan fingerprint density at radius 3 is 2.85 bits per heavy atom. The van der Waals surface area contributed by atoms with Crippen LogP contribution in [0.2, 0.25) is 0 Å². The topological polar surface area (TPSA) is 57.8 Å². The van der Waals surface area contributed by atoms with E-state index in [-0.39, 0.29) is 5.56 Å². The van der Waals surface area contributed by atoms with E-state index in [1.54, 1.807) is 5.57 Å². The second-order valence-electron chi connectivity index (χ2n) is 5.83. The minimum Gasteiger partial charge on any atom is -0.355 e. The molecule has 108 valence electrons. The molecule has 1 heterocycles. The lowest BCUT2D eigenvalue weighted by Gasteiger charge is -2.16. The van der Waals surface area contributed by atoms with Crippen molar-refractivity contribution in [2.24, 2.45) is 0 Å². The lowest BCUT2D eigenvalue weighted by atomic mass is 9.97. The van der Waals surface area contributed by atoms with Gasteiger partial charge in [0.1, 0.15) is 0 Å². The Labute approximate surface area is 119 Å². The third-order valence-corrected chi connectivity index (χ3v) is 4.32. The summed E-state index contributed by atoms with van der Waals surface area (Å²) in [7, 11) is 0. The van der Waals surface area contributed by atoms with Gasteiger partial charge in [0, 0.05) is 12.1 Å². The van der Waals surface area contributed by atoms with Crippen molar-refractivity contribution in [3.8, 4) is 0 Å². The monoisotopic (exact) mass is 273 g/mol. The fourth-order valence-electron chi connectivity index (χ4n) is 3.16. The van der Waals surface area contributed by atoms with Crippen molar-refractivity contribution < 1.29 is 0 Å². The second kappa shape index (κ2) is 6.25. The van der Waals surface area contributed by atoms with E-state index in [2.05, 4.69) is 21.4 Å². The first-order chi connectivity index (χ1) is 9.83. The number of hydrogen-bond donors (Lipinski definition) is 2. The van der Waals surface area contributed by atoms with Crippen LogP contribution in [0.15, 0.2) is 16.4 Å². The summed E-state index contributed by atoms with van der Waals surface area (Å²) in [4.78, 5) is 19.4. The lowest BCUT2D eigenvalue weighted by Crippen LogP contribution is -2.23. The number of aromatic nitrogens is 2. The number of fused-ring (bicyclic) bond motifs is 1. The van der Waals surface area contributed by atoms with Gasteiger partial charge in [0.15, 0.2) is 0 Å². The average molecular weight is 273 g/mol. The van der Waals surface area contributed by atoms with Crippen LogP contribution in [0.1, 0.15) is 56.2 Å². The van der Waals surface area contributed by atoms with Gasteiger partial charge in [-0.3, -0.25) is 9.78 Å². The zero-order valence-electron chi connectivity index (χ0n) is 12.0. The molecule has 1 aromatic rings. The minimum atomic E-state index is 0.0501. The Kier molecular flexibility index (Phi) is 4.19. The fourth-order valence-corrected chi connectivity index (χ4v) is 3.16. The van der Waals surface area contributed by atoms with Crippen LogP contribution in [-0.4, -0.2) is 16.5 Å². The summed E-state index contributed by atoms with van der Waals surface area (Å²) < 4.78 is 0. The highest BCUT2D eigenvalue weighted by Crippen LogP contribution is 2.20. The number of aromatic amines is 1. The fraction of sp³-hybridized carbons (Fsp3) is 0.625. The summed E-state index contributed by atoms with van der Waals surface area (Å²) in [6.07, 6.45) is 12.6. The largest absolute Gasteiger partial charge is 0.355 e. The molecule has 2 aliphatic carbocycles. The summed E-state index contributed by atoms with van der Waals surface area (Å²) in [6, 6.07) is 0.